The zero-order valence-electron chi connectivity index (χ0n) is 8.04. The summed E-state index contributed by atoms with van der Waals surface area (Å²) in [5, 5.41) is 0. The third kappa shape index (κ3) is 6.83. The van der Waals surface area contributed by atoms with Gasteiger partial charge in [0.15, 0.2) is 6.29 Å². The van der Waals surface area contributed by atoms with Crippen molar-refractivity contribution < 1.29 is 9.59 Å². The molecule has 2 aromatic rings. The van der Waals surface area contributed by atoms with E-state index in [1.54, 1.807) is 12.4 Å². The summed E-state index contributed by atoms with van der Waals surface area (Å²) in [5.74, 6) is 0. The standard InChI is InChI=1S/C5H5N.C4H4N2O.CH2O/c1-2-4-6-5-3-1;7-2-4-1-5-3-6-4;1-2/h1-5H;1-3H,(H,5,6);1H2. The number of hydrogen-bond donors (Lipinski definition) is 1. The lowest BCUT2D eigenvalue weighted by Crippen LogP contribution is -1.72. The van der Waals surface area contributed by atoms with Crippen molar-refractivity contribution in [3.63, 3.8) is 0 Å². The average Bonchev–Trinajstić information content (AvgIpc) is 2.88. The molecule has 0 aromatic carbocycles. The van der Waals surface area contributed by atoms with Crippen molar-refractivity contribution in [1.82, 2.24) is 15.0 Å². The Kier molecular flexibility index (Phi) is 8.29. The summed E-state index contributed by atoms with van der Waals surface area (Å²) >= 11 is 0. The second-order valence-electron chi connectivity index (χ2n) is 2.14. The van der Waals surface area contributed by atoms with Crippen LogP contribution in [-0.4, -0.2) is 28.0 Å². The minimum atomic E-state index is 0.444. The van der Waals surface area contributed by atoms with Gasteiger partial charge in [-0.3, -0.25) is 9.78 Å². The van der Waals surface area contributed by atoms with Crippen LogP contribution in [0.25, 0.3) is 0 Å². The molecule has 0 saturated heterocycles. The van der Waals surface area contributed by atoms with Crippen LogP contribution in [0.5, 0.6) is 0 Å². The van der Waals surface area contributed by atoms with Crippen molar-refractivity contribution in [3.05, 3.63) is 48.8 Å². The molecule has 1 N–H and O–H groups in total. The third-order valence-corrected chi connectivity index (χ3v) is 1.21. The van der Waals surface area contributed by atoms with E-state index in [1.807, 2.05) is 25.0 Å². The smallest absolute Gasteiger partial charge is 0.169 e. The molecule has 0 amide bonds. The van der Waals surface area contributed by atoms with Crippen LogP contribution in [0.3, 0.4) is 0 Å². The number of H-pyrrole nitrogens is 1. The van der Waals surface area contributed by atoms with Gasteiger partial charge in [-0.15, -0.1) is 0 Å². The highest BCUT2D eigenvalue weighted by Gasteiger charge is 1.83. The number of imidazole rings is 1. The van der Waals surface area contributed by atoms with Crippen LogP contribution in [0.2, 0.25) is 0 Å². The topological polar surface area (TPSA) is 75.7 Å². The summed E-state index contributed by atoms with van der Waals surface area (Å²) in [6.07, 6.45) is 7.19. The molecule has 0 aliphatic heterocycles. The van der Waals surface area contributed by atoms with Gasteiger partial charge in [-0.2, -0.15) is 0 Å². The fraction of sp³-hybridized carbons (Fsp3) is 0. The first kappa shape index (κ1) is 12.7. The number of aldehydes is 1. The summed E-state index contributed by atoms with van der Waals surface area (Å²) < 4.78 is 0. The molecule has 0 radical (unpaired) electrons. The van der Waals surface area contributed by atoms with Gasteiger partial charge in [-0.05, 0) is 12.1 Å². The Labute approximate surface area is 87.2 Å². The van der Waals surface area contributed by atoms with Gasteiger partial charge in [0.1, 0.15) is 12.5 Å². The monoisotopic (exact) mass is 205 g/mol. The maximum atomic E-state index is 9.79. The molecule has 2 rings (SSSR count). The third-order valence-electron chi connectivity index (χ3n) is 1.21. The molecule has 0 unspecified atom stereocenters. The molecular weight excluding hydrogens is 194 g/mol. The number of nitrogens with zero attached hydrogens (tertiary/aromatic N) is 2. The van der Waals surface area contributed by atoms with Gasteiger partial charge >= 0.3 is 0 Å². The van der Waals surface area contributed by atoms with E-state index >= 15 is 0 Å². The molecule has 15 heavy (non-hydrogen) atoms. The lowest BCUT2D eigenvalue weighted by Gasteiger charge is -1.70. The van der Waals surface area contributed by atoms with Crippen LogP contribution >= 0.6 is 0 Å². The fourth-order valence-electron chi connectivity index (χ4n) is 0.649. The zero-order chi connectivity index (χ0) is 11.4. The molecule has 0 bridgehead atoms. The summed E-state index contributed by atoms with van der Waals surface area (Å²) in [5.41, 5.74) is 0.444. The van der Waals surface area contributed by atoms with Crippen LogP contribution < -0.4 is 0 Å². The number of hydrogen-bond acceptors (Lipinski definition) is 4. The van der Waals surface area contributed by atoms with Gasteiger partial charge in [-0.1, -0.05) is 6.07 Å². The van der Waals surface area contributed by atoms with Gasteiger partial charge in [0.25, 0.3) is 0 Å². The summed E-state index contributed by atoms with van der Waals surface area (Å²) in [6.45, 7) is 2.00. The molecule has 2 heterocycles. The highest BCUT2D eigenvalue weighted by Crippen LogP contribution is 1.80. The second-order valence-corrected chi connectivity index (χ2v) is 2.14. The predicted molar refractivity (Wildman–Crippen MR) is 55.3 cm³/mol. The van der Waals surface area contributed by atoms with E-state index in [1.165, 1.54) is 12.5 Å². The van der Waals surface area contributed by atoms with Crippen molar-refractivity contribution >= 4 is 13.1 Å². The summed E-state index contributed by atoms with van der Waals surface area (Å²) in [6, 6.07) is 5.72. The van der Waals surface area contributed by atoms with E-state index in [-0.39, 0.29) is 0 Å². The van der Waals surface area contributed by atoms with Crippen LogP contribution in [0.4, 0.5) is 0 Å². The van der Waals surface area contributed by atoms with E-state index < -0.39 is 0 Å². The maximum Gasteiger partial charge on any atom is 0.169 e. The number of aromatic amines is 1. The highest BCUT2D eigenvalue weighted by molar-refractivity contribution is 5.70. The summed E-state index contributed by atoms with van der Waals surface area (Å²) in [7, 11) is 0. The Morgan fingerprint density at radius 3 is 2.07 bits per heavy atom. The lowest BCUT2D eigenvalue weighted by atomic mass is 10.5. The molecule has 0 atom stereocenters. The van der Waals surface area contributed by atoms with E-state index in [2.05, 4.69) is 15.0 Å². The molecule has 2 aromatic heterocycles. The van der Waals surface area contributed by atoms with Crippen molar-refractivity contribution in [1.29, 1.82) is 0 Å². The SMILES string of the molecule is C=O.O=Cc1c[nH]cn1.c1ccncc1. The molecule has 0 aliphatic rings. The minimum Gasteiger partial charge on any atom is -0.350 e. The van der Waals surface area contributed by atoms with Crippen molar-refractivity contribution in [2.45, 2.75) is 0 Å². The molecular formula is C10H11N3O2. The molecule has 78 valence electrons. The first-order valence-electron chi connectivity index (χ1n) is 4.01. The minimum absolute atomic E-state index is 0.444. The van der Waals surface area contributed by atoms with Gasteiger partial charge in [0, 0.05) is 18.6 Å². The number of rotatable bonds is 1. The number of aromatic nitrogens is 3. The Balaban J connectivity index is 0.000000227. The van der Waals surface area contributed by atoms with Gasteiger partial charge in [0.05, 0.1) is 6.33 Å². The molecule has 0 fully saturated rings. The Morgan fingerprint density at radius 2 is 1.87 bits per heavy atom. The number of carbonyl (C=O) groups excluding carboxylic acids is 2. The van der Waals surface area contributed by atoms with Gasteiger partial charge < -0.3 is 9.78 Å². The van der Waals surface area contributed by atoms with Crippen LogP contribution in [-0.2, 0) is 4.79 Å². The summed E-state index contributed by atoms with van der Waals surface area (Å²) in [4.78, 5) is 27.8. The lowest BCUT2D eigenvalue weighted by molar-refractivity contribution is -0.0979. The Bertz CT molecular complexity index is 308. The van der Waals surface area contributed by atoms with Crippen LogP contribution in [0.1, 0.15) is 10.5 Å². The molecule has 0 saturated carbocycles. The van der Waals surface area contributed by atoms with Crippen LogP contribution in [0, 0.1) is 0 Å². The van der Waals surface area contributed by atoms with E-state index in [4.69, 9.17) is 4.79 Å². The van der Waals surface area contributed by atoms with Crippen molar-refractivity contribution in [2.24, 2.45) is 0 Å². The fourth-order valence-corrected chi connectivity index (χ4v) is 0.649. The van der Waals surface area contributed by atoms with Gasteiger partial charge in [0.2, 0.25) is 0 Å². The van der Waals surface area contributed by atoms with E-state index in [9.17, 15) is 4.79 Å². The normalized spacial score (nSPS) is 7.47. The maximum absolute atomic E-state index is 9.79. The first-order valence-corrected chi connectivity index (χ1v) is 4.01. The number of nitrogens with one attached hydrogen (secondary N) is 1. The molecule has 0 spiro atoms. The largest absolute Gasteiger partial charge is 0.350 e. The van der Waals surface area contributed by atoms with Crippen LogP contribution in [0.15, 0.2) is 43.1 Å². The average molecular weight is 205 g/mol. The Hall–Kier alpha value is -2.30. The predicted octanol–water partition coefficient (Wildman–Crippen LogP) is 1.12. The second kappa shape index (κ2) is 9.79. The molecule has 5 heteroatoms. The van der Waals surface area contributed by atoms with E-state index in [0.29, 0.717) is 12.0 Å². The number of carbonyl (C=O) groups is 2. The van der Waals surface area contributed by atoms with Crippen molar-refractivity contribution in [2.75, 3.05) is 0 Å². The molecule has 0 aliphatic carbocycles. The van der Waals surface area contributed by atoms with E-state index in [0.717, 1.165) is 0 Å². The number of pyridine rings is 1. The molecule has 5 nitrogen and oxygen atoms in total. The zero-order valence-corrected chi connectivity index (χ0v) is 8.04. The first-order chi connectivity index (χ1) is 7.43. The van der Waals surface area contributed by atoms with Gasteiger partial charge in [-0.25, -0.2) is 4.98 Å². The highest BCUT2D eigenvalue weighted by atomic mass is 16.1. The van der Waals surface area contributed by atoms with Crippen molar-refractivity contribution in [3.8, 4) is 0 Å². The quantitative estimate of drug-likeness (QED) is 0.708. The Morgan fingerprint density at radius 1 is 1.20 bits per heavy atom.